The van der Waals surface area contributed by atoms with Crippen molar-refractivity contribution in [1.29, 1.82) is 0 Å². The molecule has 0 spiro atoms. The van der Waals surface area contributed by atoms with Gasteiger partial charge in [-0.2, -0.15) is 0 Å². The third-order valence-corrected chi connectivity index (χ3v) is 16.0. The molecule has 0 amide bonds. The first-order valence-corrected chi connectivity index (χ1v) is 17.8. The van der Waals surface area contributed by atoms with E-state index >= 15 is 0 Å². The molecule has 4 rings (SSSR count). The molecule has 0 saturated heterocycles. The summed E-state index contributed by atoms with van der Waals surface area (Å²) in [6.07, 6.45) is 2.04. The maximum atomic E-state index is 6.79. The van der Waals surface area contributed by atoms with Crippen LogP contribution in [0.4, 0.5) is 0 Å². The van der Waals surface area contributed by atoms with Gasteiger partial charge >= 0.3 is 0 Å². The van der Waals surface area contributed by atoms with Crippen LogP contribution in [0.5, 0.6) is 0 Å². The van der Waals surface area contributed by atoms with Crippen LogP contribution in [0.15, 0.2) is 132 Å². The lowest BCUT2D eigenvalue weighted by Crippen LogP contribution is -2.19. The fraction of sp³-hybridized carbons (Fsp3) is 0.161. The molecule has 0 saturated carbocycles. The molecule has 0 aromatic heterocycles. The summed E-state index contributed by atoms with van der Waals surface area (Å²) < 4.78 is 0. The van der Waals surface area contributed by atoms with Crippen molar-refractivity contribution in [3.63, 3.8) is 0 Å². The minimum absolute atomic E-state index is 0.583. The monoisotopic (exact) mass is 530 g/mol. The standard InChI is InChI=1S/C31H32P2S2/c1-26(2)23-24-31(33(35,29-19-11-5-12-20-29)30-21-13-6-14-22-30)25-32(34,27-15-7-3-8-16-27)28-17-9-4-10-18-28/h3-22,25-26H,23-24H2,1-2H3/b31-25+. The summed E-state index contributed by atoms with van der Waals surface area (Å²) >= 11 is 13.5. The van der Waals surface area contributed by atoms with Gasteiger partial charge in [0.25, 0.3) is 0 Å². The van der Waals surface area contributed by atoms with Crippen LogP contribution in [0.3, 0.4) is 0 Å². The topological polar surface area (TPSA) is 0 Å². The quantitative estimate of drug-likeness (QED) is 0.205. The van der Waals surface area contributed by atoms with E-state index in [4.69, 9.17) is 23.6 Å². The van der Waals surface area contributed by atoms with Crippen molar-refractivity contribution in [2.24, 2.45) is 5.92 Å². The second-order valence-corrected chi connectivity index (χ2v) is 18.0. The van der Waals surface area contributed by atoms with E-state index in [1.807, 2.05) is 0 Å². The largest absolute Gasteiger partial charge is 0.0832 e. The fourth-order valence-electron chi connectivity index (χ4n) is 4.30. The Labute approximate surface area is 221 Å². The summed E-state index contributed by atoms with van der Waals surface area (Å²) in [6.45, 7) is 4.58. The molecule has 4 aromatic rings. The fourth-order valence-corrected chi connectivity index (χ4v) is 13.2. The second-order valence-electron chi connectivity index (χ2n) is 9.16. The van der Waals surface area contributed by atoms with Gasteiger partial charge < -0.3 is 0 Å². The first kappa shape index (κ1) is 26.0. The van der Waals surface area contributed by atoms with E-state index in [2.05, 4.69) is 141 Å². The average Bonchev–Trinajstić information content (AvgIpc) is 2.92. The summed E-state index contributed by atoms with van der Waals surface area (Å²) in [5.41, 5.74) is 0. The van der Waals surface area contributed by atoms with Crippen molar-refractivity contribution in [2.45, 2.75) is 26.7 Å². The Kier molecular flexibility index (Phi) is 8.74. The second kappa shape index (κ2) is 11.8. The van der Waals surface area contributed by atoms with E-state index in [9.17, 15) is 0 Å². The Balaban J connectivity index is 2.03. The highest BCUT2D eigenvalue weighted by molar-refractivity contribution is 8.25. The maximum absolute atomic E-state index is 6.79. The lowest BCUT2D eigenvalue weighted by molar-refractivity contribution is 0.592. The van der Waals surface area contributed by atoms with Gasteiger partial charge in [0.1, 0.15) is 0 Å². The zero-order chi connectivity index (χ0) is 24.7. The van der Waals surface area contributed by atoms with Crippen molar-refractivity contribution >= 4 is 56.9 Å². The van der Waals surface area contributed by atoms with E-state index in [-0.39, 0.29) is 0 Å². The molecule has 0 nitrogen and oxygen atoms in total. The number of rotatable bonds is 9. The Bertz CT molecular complexity index is 1260. The molecular weight excluding hydrogens is 498 g/mol. The third kappa shape index (κ3) is 5.84. The Hall–Kier alpha value is -2.08. The average molecular weight is 531 g/mol. The zero-order valence-corrected chi connectivity index (χ0v) is 23.7. The van der Waals surface area contributed by atoms with Gasteiger partial charge in [0.15, 0.2) is 0 Å². The third-order valence-electron chi connectivity index (χ3n) is 6.23. The van der Waals surface area contributed by atoms with E-state index in [0.29, 0.717) is 5.92 Å². The molecular formula is C31H32P2S2. The first-order valence-electron chi connectivity index (χ1n) is 12.1. The molecule has 0 fully saturated rings. The maximum Gasteiger partial charge on any atom is 0.0341 e. The first-order chi connectivity index (χ1) is 16.9. The Morgan fingerprint density at radius 3 is 1.29 bits per heavy atom. The van der Waals surface area contributed by atoms with Crippen molar-refractivity contribution in [3.05, 3.63) is 132 Å². The summed E-state index contributed by atoms with van der Waals surface area (Å²) in [6, 6.07) is 38.3. The van der Waals surface area contributed by atoms with Crippen LogP contribution in [0, 0.1) is 5.92 Å². The molecule has 4 heteroatoms. The number of benzene rings is 4. The molecule has 0 aliphatic carbocycles. The van der Waals surface area contributed by atoms with E-state index < -0.39 is 12.1 Å². The highest BCUT2D eigenvalue weighted by Gasteiger charge is 2.30. The van der Waals surface area contributed by atoms with Gasteiger partial charge in [0.05, 0.1) is 0 Å². The van der Waals surface area contributed by atoms with Gasteiger partial charge in [-0.1, -0.05) is 159 Å². The lowest BCUT2D eigenvalue weighted by atomic mass is 10.1. The summed E-state index contributed by atoms with van der Waals surface area (Å²) in [4.78, 5) is 0. The number of hydrogen-bond donors (Lipinski definition) is 0. The number of allylic oxidation sites excluding steroid dienone is 1. The molecule has 0 radical (unpaired) electrons. The van der Waals surface area contributed by atoms with Gasteiger partial charge in [0, 0.05) is 12.1 Å². The van der Waals surface area contributed by atoms with Gasteiger partial charge in [-0.25, -0.2) is 0 Å². The molecule has 4 aromatic carbocycles. The molecule has 35 heavy (non-hydrogen) atoms. The minimum Gasteiger partial charge on any atom is -0.0832 e. The molecule has 0 aliphatic rings. The molecule has 0 heterocycles. The van der Waals surface area contributed by atoms with Crippen molar-refractivity contribution in [2.75, 3.05) is 0 Å². The molecule has 0 aliphatic heterocycles. The summed E-state index contributed by atoms with van der Waals surface area (Å²) in [5, 5.41) is 6.24. The lowest BCUT2D eigenvalue weighted by Gasteiger charge is -2.30. The Morgan fingerprint density at radius 2 is 0.943 bits per heavy atom. The van der Waals surface area contributed by atoms with Crippen molar-refractivity contribution in [3.8, 4) is 0 Å². The van der Waals surface area contributed by atoms with Crippen molar-refractivity contribution in [1.82, 2.24) is 0 Å². The van der Waals surface area contributed by atoms with Gasteiger partial charge in [0.2, 0.25) is 0 Å². The van der Waals surface area contributed by atoms with Crippen LogP contribution >= 0.6 is 12.1 Å². The van der Waals surface area contributed by atoms with Gasteiger partial charge in [-0.3, -0.25) is 0 Å². The van der Waals surface area contributed by atoms with Crippen molar-refractivity contribution < 1.29 is 0 Å². The SMILES string of the molecule is CC(C)CC/C(=C\P(=S)(c1ccccc1)c1ccccc1)P(=S)(c1ccccc1)c1ccccc1. The van der Waals surface area contributed by atoms with Crippen LogP contribution in [-0.4, -0.2) is 0 Å². The van der Waals surface area contributed by atoms with E-state index in [1.165, 1.54) is 26.5 Å². The number of hydrogen-bond acceptors (Lipinski definition) is 2. The minimum atomic E-state index is -2.27. The van der Waals surface area contributed by atoms with Crippen LogP contribution in [0.25, 0.3) is 0 Å². The highest BCUT2D eigenvalue weighted by atomic mass is 32.4. The van der Waals surface area contributed by atoms with Crippen LogP contribution < -0.4 is 21.2 Å². The highest BCUT2D eigenvalue weighted by Crippen LogP contribution is 2.59. The predicted octanol–water partition coefficient (Wildman–Crippen LogP) is 7.53. The normalized spacial score (nSPS) is 12.6. The zero-order valence-electron chi connectivity index (χ0n) is 20.3. The molecule has 0 atom stereocenters. The van der Waals surface area contributed by atoms with E-state index in [0.717, 1.165) is 12.8 Å². The van der Waals surface area contributed by atoms with Crippen LogP contribution in [-0.2, 0) is 23.6 Å². The summed E-state index contributed by atoms with van der Waals surface area (Å²) in [7, 11) is 0. The van der Waals surface area contributed by atoms with Crippen LogP contribution in [0.2, 0.25) is 0 Å². The van der Waals surface area contributed by atoms with Gasteiger partial charge in [-0.15, -0.1) is 0 Å². The predicted molar refractivity (Wildman–Crippen MR) is 165 cm³/mol. The molecule has 0 N–H and O–H groups in total. The molecule has 178 valence electrons. The van der Waals surface area contributed by atoms with Gasteiger partial charge in [-0.05, 0) is 51.1 Å². The molecule has 0 bridgehead atoms. The molecule has 0 unspecified atom stereocenters. The van der Waals surface area contributed by atoms with E-state index in [1.54, 1.807) is 0 Å². The van der Waals surface area contributed by atoms with Crippen LogP contribution in [0.1, 0.15) is 26.7 Å². The smallest absolute Gasteiger partial charge is 0.0341 e. The summed E-state index contributed by atoms with van der Waals surface area (Å²) in [5.74, 6) is 3.04. The Morgan fingerprint density at radius 1 is 0.600 bits per heavy atom.